The van der Waals surface area contributed by atoms with Crippen LogP contribution in [0.4, 0.5) is 0 Å². The lowest BCUT2D eigenvalue weighted by Crippen LogP contribution is -2.23. The number of hydrogen-bond acceptors (Lipinski definition) is 2. The van der Waals surface area contributed by atoms with Crippen molar-refractivity contribution in [1.29, 1.82) is 0 Å². The van der Waals surface area contributed by atoms with Gasteiger partial charge in [-0.05, 0) is 5.56 Å². The van der Waals surface area contributed by atoms with E-state index in [0.29, 0.717) is 0 Å². The van der Waals surface area contributed by atoms with Gasteiger partial charge in [0.05, 0.1) is 5.69 Å². The number of benzene rings is 1. The molecule has 2 heterocycles. The number of nitrogens with one attached hydrogen (secondary N) is 2. The molecule has 0 radical (unpaired) electrons. The normalized spacial score (nSPS) is 14.8. The minimum atomic E-state index is 0.925. The van der Waals surface area contributed by atoms with Crippen LogP contribution in [0, 0.1) is 0 Å². The number of H-pyrrole nitrogens is 1. The van der Waals surface area contributed by atoms with Gasteiger partial charge in [-0.3, -0.25) is 5.10 Å². The molecule has 2 aromatic rings. The van der Waals surface area contributed by atoms with Gasteiger partial charge in [-0.2, -0.15) is 5.10 Å². The van der Waals surface area contributed by atoms with E-state index >= 15 is 0 Å². The van der Waals surface area contributed by atoms with E-state index in [4.69, 9.17) is 0 Å². The first-order valence-corrected chi connectivity index (χ1v) is 5.73. The molecule has 2 N–H and O–H groups in total. The third-order valence-electron chi connectivity index (χ3n) is 3.11. The number of nitrogens with zero attached hydrogens (tertiary/aromatic N) is 1. The largest absolute Gasteiger partial charge is 0.312 e. The molecule has 0 amide bonds. The number of fused-ring (bicyclic) bond motifs is 1. The first-order chi connectivity index (χ1) is 7.93. The first kappa shape index (κ1) is 9.60. The third-order valence-corrected chi connectivity index (χ3v) is 3.11. The SMILES string of the molecule is c1ccc(Cc2n[nH]c3c2CNCC3)cc1. The molecule has 1 aliphatic rings. The topological polar surface area (TPSA) is 40.7 Å². The lowest BCUT2D eigenvalue weighted by atomic mass is 10.0. The minimum absolute atomic E-state index is 0.925. The maximum atomic E-state index is 4.43. The van der Waals surface area contributed by atoms with Gasteiger partial charge in [0, 0.05) is 37.2 Å². The lowest BCUT2D eigenvalue weighted by molar-refractivity contribution is 0.634. The summed E-state index contributed by atoms with van der Waals surface area (Å²) in [6.07, 6.45) is 1.99. The van der Waals surface area contributed by atoms with Gasteiger partial charge >= 0.3 is 0 Å². The van der Waals surface area contributed by atoms with Crippen molar-refractivity contribution < 1.29 is 0 Å². The fourth-order valence-corrected chi connectivity index (χ4v) is 2.22. The van der Waals surface area contributed by atoms with Crippen LogP contribution < -0.4 is 5.32 Å². The second kappa shape index (κ2) is 4.10. The van der Waals surface area contributed by atoms with Gasteiger partial charge in [-0.25, -0.2) is 0 Å². The van der Waals surface area contributed by atoms with E-state index in [-0.39, 0.29) is 0 Å². The molecule has 1 aromatic carbocycles. The van der Waals surface area contributed by atoms with Crippen LogP contribution in [-0.2, 0) is 19.4 Å². The van der Waals surface area contributed by atoms with Crippen molar-refractivity contribution in [3.05, 3.63) is 52.8 Å². The Morgan fingerprint density at radius 3 is 2.94 bits per heavy atom. The van der Waals surface area contributed by atoms with Gasteiger partial charge in [0.25, 0.3) is 0 Å². The fraction of sp³-hybridized carbons (Fsp3) is 0.308. The van der Waals surface area contributed by atoms with Crippen molar-refractivity contribution >= 4 is 0 Å². The van der Waals surface area contributed by atoms with Crippen LogP contribution in [0.5, 0.6) is 0 Å². The molecule has 3 rings (SSSR count). The van der Waals surface area contributed by atoms with Crippen molar-refractivity contribution in [2.45, 2.75) is 19.4 Å². The highest BCUT2D eigenvalue weighted by atomic mass is 15.1. The Bertz CT molecular complexity index is 473. The first-order valence-electron chi connectivity index (χ1n) is 5.73. The van der Waals surface area contributed by atoms with E-state index in [1.807, 2.05) is 6.07 Å². The number of aromatic nitrogens is 2. The van der Waals surface area contributed by atoms with Crippen LogP contribution in [0.25, 0.3) is 0 Å². The summed E-state index contributed by atoms with van der Waals surface area (Å²) in [6.45, 7) is 2.01. The highest BCUT2D eigenvalue weighted by molar-refractivity contribution is 5.32. The Hall–Kier alpha value is -1.61. The molecular formula is C13H15N3. The molecule has 82 valence electrons. The minimum Gasteiger partial charge on any atom is -0.312 e. The van der Waals surface area contributed by atoms with Crippen LogP contribution in [0.3, 0.4) is 0 Å². The number of hydrogen-bond donors (Lipinski definition) is 2. The highest BCUT2D eigenvalue weighted by Gasteiger charge is 2.16. The summed E-state index contributed by atoms with van der Waals surface area (Å²) in [5.41, 5.74) is 5.19. The van der Waals surface area contributed by atoms with Crippen LogP contribution in [0.1, 0.15) is 22.5 Å². The zero-order chi connectivity index (χ0) is 10.8. The molecule has 0 atom stereocenters. The predicted octanol–water partition coefficient (Wildman–Crippen LogP) is 1.65. The van der Waals surface area contributed by atoms with Gasteiger partial charge in [-0.15, -0.1) is 0 Å². The van der Waals surface area contributed by atoms with E-state index in [2.05, 4.69) is 39.8 Å². The molecule has 1 aliphatic heterocycles. The molecule has 1 aromatic heterocycles. The second-order valence-corrected chi connectivity index (χ2v) is 4.22. The summed E-state index contributed by atoms with van der Waals surface area (Å²) in [5.74, 6) is 0. The summed E-state index contributed by atoms with van der Waals surface area (Å²) >= 11 is 0. The molecule has 16 heavy (non-hydrogen) atoms. The summed E-state index contributed by atoms with van der Waals surface area (Å²) in [6, 6.07) is 10.5. The Morgan fingerprint density at radius 1 is 1.19 bits per heavy atom. The second-order valence-electron chi connectivity index (χ2n) is 4.22. The molecule has 0 saturated heterocycles. The summed E-state index contributed by atoms with van der Waals surface area (Å²) in [7, 11) is 0. The Balaban J connectivity index is 1.88. The molecule has 0 saturated carbocycles. The molecule has 0 spiro atoms. The van der Waals surface area contributed by atoms with E-state index in [9.17, 15) is 0 Å². The van der Waals surface area contributed by atoms with Crippen molar-refractivity contribution in [2.75, 3.05) is 6.54 Å². The lowest BCUT2D eigenvalue weighted by Gasteiger charge is -2.12. The summed E-state index contributed by atoms with van der Waals surface area (Å²) in [5, 5.41) is 11.0. The van der Waals surface area contributed by atoms with Crippen LogP contribution in [-0.4, -0.2) is 16.7 Å². The number of rotatable bonds is 2. The number of aromatic amines is 1. The fourth-order valence-electron chi connectivity index (χ4n) is 2.22. The molecule has 0 aliphatic carbocycles. The molecule has 0 fully saturated rings. The standard InChI is InChI=1S/C13H15N3/c1-2-4-10(5-3-1)8-13-11-9-14-7-6-12(11)15-16-13/h1-5,14H,6-9H2,(H,15,16). The zero-order valence-corrected chi connectivity index (χ0v) is 9.16. The van der Waals surface area contributed by atoms with E-state index in [0.717, 1.165) is 25.9 Å². The van der Waals surface area contributed by atoms with Crippen molar-refractivity contribution in [2.24, 2.45) is 0 Å². The van der Waals surface area contributed by atoms with Gasteiger partial charge in [-0.1, -0.05) is 30.3 Å². The highest BCUT2D eigenvalue weighted by Crippen LogP contribution is 2.18. The molecular weight excluding hydrogens is 198 g/mol. The van der Waals surface area contributed by atoms with Crippen LogP contribution in [0.2, 0.25) is 0 Å². The van der Waals surface area contributed by atoms with Gasteiger partial charge in [0.2, 0.25) is 0 Å². The van der Waals surface area contributed by atoms with E-state index in [1.165, 1.54) is 22.5 Å². The van der Waals surface area contributed by atoms with Crippen molar-refractivity contribution in [3.8, 4) is 0 Å². The monoisotopic (exact) mass is 213 g/mol. The van der Waals surface area contributed by atoms with E-state index in [1.54, 1.807) is 0 Å². The summed E-state index contributed by atoms with van der Waals surface area (Å²) in [4.78, 5) is 0. The average Bonchev–Trinajstić information content (AvgIpc) is 2.74. The Labute approximate surface area is 94.9 Å². The molecule has 3 heteroatoms. The molecule has 0 unspecified atom stereocenters. The Kier molecular flexibility index (Phi) is 2.46. The quantitative estimate of drug-likeness (QED) is 0.796. The van der Waals surface area contributed by atoms with E-state index < -0.39 is 0 Å². The Morgan fingerprint density at radius 2 is 2.06 bits per heavy atom. The molecule has 3 nitrogen and oxygen atoms in total. The van der Waals surface area contributed by atoms with Gasteiger partial charge in [0.1, 0.15) is 0 Å². The maximum absolute atomic E-state index is 4.43. The van der Waals surface area contributed by atoms with Gasteiger partial charge < -0.3 is 5.32 Å². The third kappa shape index (κ3) is 1.74. The smallest absolute Gasteiger partial charge is 0.0713 e. The predicted molar refractivity (Wildman–Crippen MR) is 63.2 cm³/mol. The average molecular weight is 213 g/mol. The zero-order valence-electron chi connectivity index (χ0n) is 9.16. The van der Waals surface area contributed by atoms with Crippen LogP contribution in [0.15, 0.2) is 30.3 Å². The van der Waals surface area contributed by atoms with Crippen LogP contribution >= 0.6 is 0 Å². The molecule has 0 bridgehead atoms. The van der Waals surface area contributed by atoms with Crippen molar-refractivity contribution in [3.63, 3.8) is 0 Å². The van der Waals surface area contributed by atoms with Gasteiger partial charge in [0.15, 0.2) is 0 Å². The van der Waals surface area contributed by atoms with Crippen molar-refractivity contribution in [1.82, 2.24) is 15.5 Å². The summed E-state index contributed by atoms with van der Waals surface area (Å²) < 4.78 is 0. The maximum Gasteiger partial charge on any atom is 0.0713 e.